The third kappa shape index (κ3) is 2.44. The standard InChI is InChI=1S/C11H16ClN3O/c1-8-13-10(12)7-11(14-8)15(5-6-16)9-3-2-4-9/h7,9,16H,2-6H2,1H3. The van der Waals surface area contributed by atoms with E-state index >= 15 is 0 Å². The molecule has 16 heavy (non-hydrogen) atoms. The van der Waals surface area contributed by atoms with Gasteiger partial charge in [0.25, 0.3) is 0 Å². The Kier molecular flexibility index (Phi) is 3.61. The topological polar surface area (TPSA) is 49.2 Å². The molecule has 1 aromatic rings. The monoisotopic (exact) mass is 241 g/mol. The summed E-state index contributed by atoms with van der Waals surface area (Å²) in [6.07, 6.45) is 3.59. The third-order valence-corrected chi connectivity index (χ3v) is 3.14. The fourth-order valence-corrected chi connectivity index (χ4v) is 2.17. The number of aliphatic hydroxyl groups is 1. The number of halogens is 1. The summed E-state index contributed by atoms with van der Waals surface area (Å²) in [5.74, 6) is 1.50. The number of aryl methyl sites for hydroxylation is 1. The molecule has 0 aliphatic heterocycles. The number of nitrogens with zero attached hydrogens (tertiary/aromatic N) is 3. The largest absolute Gasteiger partial charge is 0.395 e. The van der Waals surface area contributed by atoms with Crippen LogP contribution in [0.15, 0.2) is 6.07 Å². The number of aliphatic hydroxyl groups excluding tert-OH is 1. The van der Waals surface area contributed by atoms with Gasteiger partial charge in [0, 0.05) is 18.7 Å². The Morgan fingerprint density at radius 2 is 2.25 bits per heavy atom. The molecule has 0 spiro atoms. The zero-order valence-electron chi connectivity index (χ0n) is 9.36. The fraction of sp³-hybridized carbons (Fsp3) is 0.636. The molecule has 0 saturated heterocycles. The van der Waals surface area contributed by atoms with Gasteiger partial charge in [-0.25, -0.2) is 9.97 Å². The van der Waals surface area contributed by atoms with E-state index in [2.05, 4.69) is 14.9 Å². The van der Waals surface area contributed by atoms with Crippen molar-refractivity contribution in [3.63, 3.8) is 0 Å². The molecule has 0 unspecified atom stereocenters. The van der Waals surface area contributed by atoms with E-state index in [1.165, 1.54) is 19.3 Å². The maximum atomic E-state index is 9.09. The van der Waals surface area contributed by atoms with Gasteiger partial charge in [-0.3, -0.25) is 0 Å². The lowest BCUT2D eigenvalue weighted by Gasteiger charge is -2.38. The summed E-state index contributed by atoms with van der Waals surface area (Å²) in [7, 11) is 0. The minimum absolute atomic E-state index is 0.136. The van der Waals surface area contributed by atoms with Crippen LogP contribution >= 0.6 is 11.6 Å². The lowest BCUT2D eigenvalue weighted by atomic mass is 9.91. The van der Waals surface area contributed by atoms with Crippen molar-refractivity contribution in [2.45, 2.75) is 32.2 Å². The van der Waals surface area contributed by atoms with Crippen molar-refractivity contribution < 1.29 is 5.11 Å². The van der Waals surface area contributed by atoms with Gasteiger partial charge in [0.2, 0.25) is 0 Å². The molecule has 5 heteroatoms. The van der Waals surface area contributed by atoms with Crippen LogP contribution in [0.1, 0.15) is 25.1 Å². The number of aromatic nitrogens is 2. The van der Waals surface area contributed by atoms with Crippen LogP contribution in [0.2, 0.25) is 5.15 Å². The maximum absolute atomic E-state index is 9.09. The summed E-state index contributed by atoms with van der Waals surface area (Å²) in [4.78, 5) is 10.5. The Balaban J connectivity index is 2.22. The maximum Gasteiger partial charge on any atom is 0.134 e. The molecule has 0 aromatic carbocycles. The lowest BCUT2D eigenvalue weighted by molar-refractivity contribution is 0.283. The van der Waals surface area contributed by atoms with Crippen molar-refractivity contribution in [2.24, 2.45) is 0 Å². The van der Waals surface area contributed by atoms with Crippen LogP contribution in [0.3, 0.4) is 0 Å². The van der Waals surface area contributed by atoms with E-state index in [1.807, 2.05) is 6.92 Å². The van der Waals surface area contributed by atoms with Crippen molar-refractivity contribution in [3.05, 3.63) is 17.0 Å². The number of rotatable bonds is 4. The van der Waals surface area contributed by atoms with Crippen molar-refractivity contribution in [1.29, 1.82) is 0 Å². The molecular weight excluding hydrogens is 226 g/mol. The van der Waals surface area contributed by atoms with Gasteiger partial charge in [-0.15, -0.1) is 0 Å². The first kappa shape index (κ1) is 11.6. The normalized spacial score (nSPS) is 15.9. The Morgan fingerprint density at radius 1 is 1.50 bits per heavy atom. The molecule has 0 bridgehead atoms. The van der Waals surface area contributed by atoms with Gasteiger partial charge >= 0.3 is 0 Å². The van der Waals surface area contributed by atoms with Crippen molar-refractivity contribution in [1.82, 2.24) is 9.97 Å². The molecule has 1 fully saturated rings. The first-order valence-corrected chi connectivity index (χ1v) is 5.97. The summed E-state index contributed by atoms with van der Waals surface area (Å²) < 4.78 is 0. The van der Waals surface area contributed by atoms with E-state index in [-0.39, 0.29) is 6.61 Å². The highest BCUT2D eigenvalue weighted by molar-refractivity contribution is 6.29. The third-order valence-electron chi connectivity index (χ3n) is 2.94. The molecule has 4 nitrogen and oxygen atoms in total. The number of hydrogen-bond donors (Lipinski definition) is 1. The molecular formula is C11H16ClN3O. The summed E-state index contributed by atoms with van der Waals surface area (Å²) in [5.41, 5.74) is 0. The van der Waals surface area contributed by atoms with Gasteiger partial charge in [-0.05, 0) is 26.2 Å². The number of anilines is 1. The molecule has 0 radical (unpaired) electrons. The van der Waals surface area contributed by atoms with E-state index in [1.54, 1.807) is 6.07 Å². The van der Waals surface area contributed by atoms with Gasteiger partial charge in [-0.1, -0.05) is 11.6 Å². The molecule has 1 N–H and O–H groups in total. The van der Waals surface area contributed by atoms with Crippen LogP contribution in [-0.4, -0.2) is 34.3 Å². The summed E-state index contributed by atoms with van der Waals surface area (Å²) in [5, 5.41) is 9.55. The van der Waals surface area contributed by atoms with Gasteiger partial charge in [0.15, 0.2) is 0 Å². The van der Waals surface area contributed by atoms with Crippen LogP contribution in [0.25, 0.3) is 0 Å². The first-order valence-electron chi connectivity index (χ1n) is 5.59. The summed E-state index contributed by atoms with van der Waals surface area (Å²) in [6.45, 7) is 2.57. The Bertz CT molecular complexity index is 348. The zero-order valence-corrected chi connectivity index (χ0v) is 10.1. The van der Waals surface area contributed by atoms with Crippen LogP contribution < -0.4 is 4.90 Å². The first-order chi connectivity index (χ1) is 7.70. The predicted molar refractivity (Wildman–Crippen MR) is 63.8 cm³/mol. The highest BCUT2D eigenvalue weighted by Gasteiger charge is 2.25. The molecule has 88 valence electrons. The van der Waals surface area contributed by atoms with E-state index in [9.17, 15) is 0 Å². The molecule has 1 saturated carbocycles. The zero-order chi connectivity index (χ0) is 11.5. The molecule has 2 rings (SSSR count). The molecule has 0 atom stereocenters. The average Bonchev–Trinajstić information content (AvgIpc) is 2.12. The lowest BCUT2D eigenvalue weighted by Crippen LogP contribution is -2.42. The average molecular weight is 242 g/mol. The highest BCUT2D eigenvalue weighted by atomic mass is 35.5. The molecule has 1 aliphatic carbocycles. The molecule has 1 aliphatic rings. The van der Waals surface area contributed by atoms with Crippen molar-refractivity contribution >= 4 is 17.4 Å². The molecule has 1 heterocycles. The van der Waals surface area contributed by atoms with E-state index in [0.717, 1.165) is 5.82 Å². The van der Waals surface area contributed by atoms with E-state index in [4.69, 9.17) is 16.7 Å². The fourth-order valence-electron chi connectivity index (χ4n) is 1.95. The second-order valence-electron chi connectivity index (χ2n) is 4.10. The minimum Gasteiger partial charge on any atom is -0.395 e. The van der Waals surface area contributed by atoms with E-state index < -0.39 is 0 Å². The Labute approximate surface area is 100 Å². The Hall–Kier alpha value is -0.870. The van der Waals surface area contributed by atoms with Gasteiger partial charge in [0.05, 0.1) is 6.61 Å². The predicted octanol–water partition coefficient (Wildman–Crippen LogP) is 1.79. The second kappa shape index (κ2) is 4.97. The summed E-state index contributed by atoms with van der Waals surface area (Å²) >= 11 is 5.92. The van der Waals surface area contributed by atoms with Crippen LogP contribution in [0.4, 0.5) is 5.82 Å². The van der Waals surface area contributed by atoms with Gasteiger partial charge in [0.1, 0.15) is 16.8 Å². The minimum atomic E-state index is 0.136. The highest BCUT2D eigenvalue weighted by Crippen LogP contribution is 2.29. The molecule has 0 amide bonds. The Morgan fingerprint density at radius 3 is 2.75 bits per heavy atom. The summed E-state index contributed by atoms with van der Waals surface area (Å²) in [6, 6.07) is 2.26. The molecule has 1 aromatic heterocycles. The van der Waals surface area contributed by atoms with E-state index in [0.29, 0.717) is 23.6 Å². The second-order valence-corrected chi connectivity index (χ2v) is 4.49. The van der Waals surface area contributed by atoms with Crippen LogP contribution in [-0.2, 0) is 0 Å². The van der Waals surface area contributed by atoms with Crippen molar-refractivity contribution in [3.8, 4) is 0 Å². The quantitative estimate of drug-likeness (QED) is 0.817. The van der Waals surface area contributed by atoms with Crippen LogP contribution in [0.5, 0.6) is 0 Å². The number of hydrogen-bond acceptors (Lipinski definition) is 4. The van der Waals surface area contributed by atoms with Gasteiger partial charge in [-0.2, -0.15) is 0 Å². The van der Waals surface area contributed by atoms with Gasteiger partial charge < -0.3 is 10.0 Å². The van der Waals surface area contributed by atoms with Crippen LogP contribution in [0, 0.1) is 6.92 Å². The SMILES string of the molecule is Cc1nc(Cl)cc(N(CCO)C2CCC2)n1. The van der Waals surface area contributed by atoms with Crippen molar-refractivity contribution in [2.75, 3.05) is 18.1 Å². The smallest absolute Gasteiger partial charge is 0.134 e.